The molecule has 1 amide bonds. The molecule has 2 N–H and O–H groups in total. The topological polar surface area (TPSA) is 89.0 Å². The third-order valence-electron chi connectivity index (χ3n) is 1.93. The van der Waals surface area contributed by atoms with Gasteiger partial charge in [-0.15, -0.1) is 0 Å². The molecule has 112 valence electrons. The summed E-state index contributed by atoms with van der Waals surface area (Å²) in [6.07, 6.45) is 2.66. The van der Waals surface area contributed by atoms with Crippen molar-refractivity contribution in [2.45, 2.75) is 26.8 Å². The molecule has 0 aliphatic heterocycles. The van der Waals surface area contributed by atoms with Crippen LogP contribution in [0.5, 0.6) is 0 Å². The molecule has 0 radical (unpaired) electrons. The molecule has 0 heterocycles. The van der Waals surface area contributed by atoms with Crippen molar-refractivity contribution in [2.24, 2.45) is 4.99 Å². The van der Waals surface area contributed by atoms with Crippen LogP contribution in [0, 0.1) is 0 Å². The number of nitrogens with one attached hydrogen (secondary N) is 2. The summed E-state index contributed by atoms with van der Waals surface area (Å²) in [4.78, 5) is 26.6. The molecule has 20 heavy (non-hydrogen) atoms. The van der Waals surface area contributed by atoms with Crippen molar-refractivity contribution in [3.05, 3.63) is 12.2 Å². The van der Waals surface area contributed by atoms with Crippen molar-refractivity contribution in [2.75, 3.05) is 13.7 Å². The summed E-state index contributed by atoms with van der Waals surface area (Å²) in [5.74, 6) is -0.148. The van der Waals surface area contributed by atoms with Gasteiger partial charge in [0.05, 0.1) is 13.7 Å². The number of alkyl carbamates (subject to hydrolysis) is 1. The number of amidine groups is 1. The van der Waals surface area contributed by atoms with Crippen LogP contribution in [-0.4, -0.2) is 42.8 Å². The highest BCUT2D eigenvalue weighted by molar-refractivity contribution is 7.80. The molecule has 1 unspecified atom stereocenters. The molecule has 0 rings (SSSR count). The number of carbonyl (C=O) groups excluding carboxylic acids is 2. The summed E-state index contributed by atoms with van der Waals surface area (Å²) < 4.78 is 9.25. The van der Waals surface area contributed by atoms with Crippen molar-refractivity contribution in [1.29, 1.82) is 0 Å². The molecular weight excluding hydrogens is 282 g/mol. The highest BCUT2D eigenvalue weighted by Gasteiger charge is 2.13. The number of amides is 1. The Hall–Kier alpha value is -1.96. The monoisotopic (exact) mass is 301 g/mol. The Morgan fingerprint density at radius 3 is 2.55 bits per heavy atom. The zero-order chi connectivity index (χ0) is 15.5. The van der Waals surface area contributed by atoms with Gasteiger partial charge in [-0.05, 0) is 39.1 Å². The van der Waals surface area contributed by atoms with E-state index in [1.807, 2.05) is 0 Å². The number of esters is 1. The van der Waals surface area contributed by atoms with E-state index in [-0.39, 0.29) is 11.7 Å². The molecule has 7 nitrogen and oxygen atoms in total. The van der Waals surface area contributed by atoms with Crippen LogP contribution < -0.4 is 10.6 Å². The van der Waals surface area contributed by atoms with Gasteiger partial charge < -0.3 is 14.8 Å². The first-order chi connectivity index (χ1) is 9.44. The van der Waals surface area contributed by atoms with Crippen LogP contribution >= 0.6 is 12.2 Å². The number of hydrogen-bond acceptors (Lipinski definition) is 6. The number of carbonyl (C=O) groups is 2. The van der Waals surface area contributed by atoms with Crippen LogP contribution in [0.3, 0.4) is 0 Å². The summed E-state index contributed by atoms with van der Waals surface area (Å²) in [6, 6.07) is -0.691. The van der Waals surface area contributed by atoms with E-state index in [0.717, 1.165) is 0 Å². The highest BCUT2D eigenvalue weighted by Crippen LogP contribution is 1.94. The molecule has 1 atom stereocenters. The summed E-state index contributed by atoms with van der Waals surface area (Å²) in [5, 5.41) is 5.03. The fourth-order valence-electron chi connectivity index (χ4n) is 1.11. The average Bonchev–Trinajstić information content (AvgIpc) is 2.37. The lowest BCUT2D eigenvalue weighted by molar-refractivity contribution is -0.141. The van der Waals surface area contributed by atoms with E-state index in [0.29, 0.717) is 5.84 Å². The van der Waals surface area contributed by atoms with Gasteiger partial charge in [-0.25, -0.2) is 9.59 Å². The number of hydrogen-bond donors (Lipinski definition) is 2. The highest BCUT2D eigenvalue weighted by atomic mass is 32.1. The van der Waals surface area contributed by atoms with E-state index in [1.165, 1.54) is 7.11 Å². The van der Waals surface area contributed by atoms with E-state index >= 15 is 0 Å². The molecule has 0 aromatic rings. The maximum Gasteiger partial charge on any atom is 0.413 e. The molecular formula is C12H19N3O4S. The van der Waals surface area contributed by atoms with Gasteiger partial charge in [0.2, 0.25) is 0 Å². The first-order valence-corrected chi connectivity index (χ1v) is 6.38. The number of aliphatic imine (C=N–C) groups is 1. The number of ether oxygens (including phenoxy) is 2. The second-order valence-electron chi connectivity index (χ2n) is 3.51. The number of methoxy groups -OCH3 is 1. The van der Waals surface area contributed by atoms with Gasteiger partial charge in [-0.1, -0.05) is 6.08 Å². The summed E-state index contributed by atoms with van der Waals surface area (Å²) in [6.45, 7) is 5.28. The Morgan fingerprint density at radius 1 is 1.40 bits per heavy atom. The summed E-state index contributed by atoms with van der Waals surface area (Å²) in [5.41, 5.74) is 0. The maximum atomic E-state index is 11.3. The Bertz CT molecular complexity index is 421. The Morgan fingerprint density at radius 2 is 2.05 bits per heavy atom. The van der Waals surface area contributed by atoms with Crippen LogP contribution in [0.1, 0.15) is 20.8 Å². The molecule has 0 fully saturated rings. The zero-order valence-electron chi connectivity index (χ0n) is 11.9. The first-order valence-electron chi connectivity index (χ1n) is 5.97. The number of thiocarbonyl (C=S) groups is 1. The lowest BCUT2D eigenvalue weighted by atomic mass is 10.3. The third kappa shape index (κ3) is 7.47. The zero-order valence-corrected chi connectivity index (χ0v) is 12.7. The minimum Gasteiger partial charge on any atom is -0.467 e. The lowest BCUT2D eigenvalue weighted by Crippen LogP contribution is -2.42. The minimum absolute atomic E-state index is 0.0253. The van der Waals surface area contributed by atoms with Crippen molar-refractivity contribution in [3.8, 4) is 0 Å². The van der Waals surface area contributed by atoms with E-state index in [1.54, 1.807) is 32.9 Å². The third-order valence-corrected chi connectivity index (χ3v) is 2.14. The molecule has 8 heteroatoms. The van der Waals surface area contributed by atoms with E-state index in [2.05, 4.69) is 25.1 Å². The molecule has 0 aromatic carbocycles. The van der Waals surface area contributed by atoms with E-state index in [4.69, 9.17) is 12.2 Å². The average molecular weight is 301 g/mol. The number of rotatable bonds is 4. The van der Waals surface area contributed by atoms with Gasteiger partial charge in [0.1, 0.15) is 11.9 Å². The predicted octanol–water partition coefficient (Wildman–Crippen LogP) is 1.14. The van der Waals surface area contributed by atoms with E-state index < -0.39 is 18.1 Å². The molecule has 0 bridgehead atoms. The van der Waals surface area contributed by atoms with Gasteiger partial charge in [0, 0.05) is 0 Å². The van der Waals surface area contributed by atoms with Crippen molar-refractivity contribution in [1.82, 2.24) is 10.6 Å². The second-order valence-corrected chi connectivity index (χ2v) is 3.92. The summed E-state index contributed by atoms with van der Waals surface area (Å²) >= 11 is 4.93. The minimum atomic E-state index is -0.691. The molecule has 0 aliphatic rings. The van der Waals surface area contributed by atoms with Crippen LogP contribution in [-0.2, 0) is 14.3 Å². The Kier molecular flexibility index (Phi) is 8.93. The smallest absolute Gasteiger partial charge is 0.413 e. The van der Waals surface area contributed by atoms with Crippen LogP contribution in [0.2, 0.25) is 0 Å². The molecule has 0 aliphatic carbocycles. The van der Waals surface area contributed by atoms with Crippen LogP contribution in [0.25, 0.3) is 0 Å². The van der Waals surface area contributed by atoms with Crippen molar-refractivity contribution < 1.29 is 19.1 Å². The quantitative estimate of drug-likeness (QED) is 0.350. The van der Waals surface area contributed by atoms with Crippen molar-refractivity contribution in [3.63, 3.8) is 0 Å². The second kappa shape index (κ2) is 9.90. The van der Waals surface area contributed by atoms with Crippen molar-refractivity contribution >= 4 is 35.2 Å². The largest absolute Gasteiger partial charge is 0.467 e. The lowest BCUT2D eigenvalue weighted by Gasteiger charge is -2.11. The van der Waals surface area contributed by atoms with Gasteiger partial charge >= 0.3 is 12.1 Å². The fraction of sp³-hybridized carbons (Fsp3) is 0.500. The predicted molar refractivity (Wildman–Crippen MR) is 79.6 cm³/mol. The van der Waals surface area contributed by atoms with Crippen LogP contribution in [0.4, 0.5) is 4.79 Å². The van der Waals surface area contributed by atoms with Gasteiger partial charge in [0.15, 0.2) is 5.11 Å². The summed E-state index contributed by atoms with van der Waals surface area (Å²) in [7, 11) is 1.28. The maximum absolute atomic E-state index is 11.3. The Balaban J connectivity index is 4.70. The van der Waals surface area contributed by atoms with Crippen LogP contribution in [0.15, 0.2) is 17.1 Å². The normalized spacial score (nSPS) is 12.7. The molecule has 0 spiro atoms. The molecule has 0 saturated heterocycles. The molecule has 0 saturated carbocycles. The standard InChI is InChI=1S/C12H19N3O4S/c1-5-7-9(13-8(3)10(16)18-4)14-11(20)15-12(17)19-6-2/h5,7-8H,6H2,1-4H3,(H2,13,14,15,17,20)/b7-5-. The van der Waals surface area contributed by atoms with Gasteiger partial charge in [0.25, 0.3) is 0 Å². The van der Waals surface area contributed by atoms with Gasteiger partial charge in [-0.2, -0.15) is 0 Å². The number of allylic oxidation sites excluding steroid dienone is 1. The van der Waals surface area contributed by atoms with E-state index in [9.17, 15) is 9.59 Å². The fourth-order valence-corrected chi connectivity index (χ4v) is 1.30. The molecule has 0 aromatic heterocycles. The number of nitrogens with zero attached hydrogens (tertiary/aromatic N) is 1. The van der Waals surface area contributed by atoms with Gasteiger partial charge in [-0.3, -0.25) is 10.3 Å². The Labute approximate surface area is 123 Å². The SMILES string of the molecule is C/C=C\C(=NC(C)C(=O)OC)NC(=S)NC(=O)OCC. The first kappa shape index (κ1) is 18.0.